The number of hydrogen-bond acceptors (Lipinski definition) is 2. The molecule has 0 aliphatic carbocycles. The van der Waals surface area contributed by atoms with Crippen LogP contribution in [0.15, 0.2) is 11.1 Å². The number of carbonyl (C=O) groups is 1. The topological polar surface area (TPSA) is 46.5 Å². The van der Waals surface area contributed by atoms with Gasteiger partial charge in [-0.1, -0.05) is 6.92 Å². The Labute approximate surface area is 76.2 Å². The molecule has 74 valence electrons. The SMILES string of the molecule is CCC(C(=O)O)=C1CCOCC1F. The van der Waals surface area contributed by atoms with E-state index in [1.165, 1.54) is 0 Å². The molecule has 13 heavy (non-hydrogen) atoms. The Morgan fingerprint density at radius 2 is 2.46 bits per heavy atom. The van der Waals surface area contributed by atoms with Crippen LogP contribution in [0.2, 0.25) is 0 Å². The van der Waals surface area contributed by atoms with Crippen molar-refractivity contribution < 1.29 is 19.0 Å². The minimum absolute atomic E-state index is 0.00782. The van der Waals surface area contributed by atoms with E-state index in [0.29, 0.717) is 25.0 Å². The fourth-order valence-corrected chi connectivity index (χ4v) is 1.48. The lowest BCUT2D eigenvalue weighted by Crippen LogP contribution is -2.24. The first-order valence-corrected chi connectivity index (χ1v) is 4.33. The van der Waals surface area contributed by atoms with Gasteiger partial charge in [0.05, 0.1) is 13.2 Å². The first kappa shape index (κ1) is 10.2. The summed E-state index contributed by atoms with van der Waals surface area (Å²) >= 11 is 0. The number of carboxylic acid groups (broad SMARTS) is 1. The molecule has 0 saturated carbocycles. The molecule has 1 atom stereocenters. The summed E-state index contributed by atoms with van der Waals surface area (Å²) in [6.45, 7) is 2.14. The first-order valence-electron chi connectivity index (χ1n) is 4.33. The van der Waals surface area contributed by atoms with E-state index in [1.807, 2.05) is 0 Å². The van der Waals surface area contributed by atoms with Gasteiger partial charge in [-0.2, -0.15) is 0 Å². The number of rotatable bonds is 2. The molecule has 1 aliphatic rings. The molecule has 0 radical (unpaired) electrons. The number of hydrogen-bond donors (Lipinski definition) is 1. The van der Waals surface area contributed by atoms with Crippen LogP contribution in [0.5, 0.6) is 0 Å². The average Bonchev–Trinajstić information content (AvgIpc) is 2.09. The van der Waals surface area contributed by atoms with Gasteiger partial charge >= 0.3 is 5.97 Å². The molecule has 1 rings (SSSR count). The van der Waals surface area contributed by atoms with Gasteiger partial charge in [-0.15, -0.1) is 0 Å². The van der Waals surface area contributed by atoms with E-state index < -0.39 is 12.1 Å². The van der Waals surface area contributed by atoms with Gasteiger partial charge in [0.15, 0.2) is 0 Å². The van der Waals surface area contributed by atoms with E-state index in [2.05, 4.69) is 0 Å². The molecule has 0 aromatic heterocycles. The Kier molecular flexibility index (Phi) is 3.42. The lowest BCUT2D eigenvalue weighted by molar-refractivity contribution is -0.133. The van der Waals surface area contributed by atoms with E-state index in [9.17, 15) is 9.18 Å². The van der Waals surface area contributed by atoms with Crippen molar-refractivity contribution in [3.63, 3.8) is 0 Å². The van der Waals surface area contributed by atoms with Crippen LogP contribution in [0, 0.1) is 0 Å². The number of ether oxygens (including phenoxy) is 1. The lowest BCUT2D eigenvalue weighted by Gasteiger charge is -2.21. The van der Waals surface area contributed by atoms with Crippen molar-refractivity contribution >= 4 is 5.97 Å². The molecule has 0 aromatic rings. The second-order valence-corrected chi connectivity index (χ2v) is 2.95. The van der Waals surface area contributed by atoms with Crippen molar-refractivity contribution in [3.05, 3.63) is 11.1 Å². The summed E-state index contributed by atoms with van der Waals surface area (Å²) in [6, 6.07) is 0. The zero-order valence-electron chi connectivity index (χ0n) is 7.55. The first-order chi connectivity index (χ1) is 6.16. The second-order valence-electron chi connectivity index (χ2n) is 2.95. The van der Waals surface area contributed by atoms with Gasteiger partial charge in [0.25, 0.3) is 0 Å². The maximum Gasteiger partial charge on any atom is 0.331 e. The maximum atomic E-state index is 13.2. The van der Waals surface area contributed by atoms with Crippen LogP contribution in [0.3, 0.4) is 0 Å². The van der Waals surface area contributed by atoms with Gasteiger partial charge in [0.2, 0.25) is 0 Å². The molecule has 0 amide bonds. The molecule has 3 nitrogen and oxygen atoms in total. The zero-order valence-corrected chi connectivity index (χ0v) is 7.55. The van der Waals surface area contributed by atoms with Gasteiger partial charge in [0, 0.05) is 5.57 Å². The highest BCUT2D eigenvalue weighted by Gasteiger charge is 2.24. The molecule has 1 aliphatic heterocycles. The van der Waals surface area contributed by atoms with Gasteiger partial charge in [0.1, 0.15) is 6.17 Å². The summed E-state index contributed by atoms with van der Waals surface area (Å²) in [4.78, 5) is 10.7. The Morgan fingerprint density at radius 1 is 1.77 bits per heavy atom. The minimum Gasteiger partial charge on any atom is -0.478 e. The molecule has 1 N–H and O–H groups in total. The normalized spacial score (nSPS) is 27.1. The maximum absolute atomic E-state index is 13.2. The Balaban J connectivity index is 2.89. The van der Waals surface area contributed by atoms with E-state index in [4.69, 9.17) is 9.84 Å². The summed E-state index contributed by atoms with van der Waals surface area (Å²) in [7, 11) is 0. The molecule has 4 heteroatoms. The highest BCUT2D eigenvalue weighted by atomic mass is 19.1. The quantitative estimate of drug-likeness (QED) is 0.668. The number of carboxylic acids is 1. The minimum atomic E-state index is -1.24. The van der Waals surface area contributed by atoms with E-state index in [0.717, 1.165) is 0 Å². The molecule has 1 unspecified atom stereocenters. The summed E-state index contributed by atoms with van der Waals surface area (Å²) in [6.07, 6.45) is -0.471. The molecule has 0 spiro atoms. The van der Waals surface area contributed by atoms with E-state index in [-0.39, 0.29) is 12.2 Å². The van der Waals surface area contributed by atoms with Crippen LogP contribution in [-0.4, -0.2) is 30.5 Å². The van der Waals surface area contributed by atoms with Gasteiger partial charge < -0.3 is 9.84 Å². The summed E-state index contributed by atoms with van der Waals surface area (Å²) in [5, 5.41) is 8.78. The van der Waals surface area contributed by atoms with Crippen LogP contribution >= 0.6 is 0 Å². The van der Waals surface area contributed by atoms with E-state index >= 15 is 0 Å². The Morgan fingerprint density at radius 3 is 2.92 bits per heavy atom. The molecular formula is C9H13FO3. The van der Waals surface area contributed by atoms with Crippen molar-refractivity contribution in [3.8, 4) is 0 Å². The summed E-state index contributed by atoms with van der Waals surface area (Å²) < 4.78 is 18.1. The molecule has 0 bridgehead atoms. The number of halogens is 1. The third kappa shape index (κ3) is 2.28. The molecular weight excluding hydrogens is 175 g/mol. The van der Waals surface area contributed by atoms with Gasteiger partial charge in [-0.05, 0) is 18.4 Å². The van der Waals surface area contributed by atoms with E-state index in [1.54, 1.807) is 6.92 Å². The Bertz CT molecular complexity index is 235. The monoisotopic (exact) mass is 188 g/mol. The summed E-state index contributed by atoms with van der Waals surface area (Å²) in [5.74, 6) is -1.01. The fourth-order valence-electron chi connectivity index (χ4n) is 1.48. The predicted octanol–water partition coefficient (Wildman–Crippen LogP) is 1.54. The summed E-state index contributed by atoms with van der Waals surface area (Å²) in [5.41, 5.74) is 0.608. The predicted molar refractivity (Wildman–Crippen MR) is 45.3 cm³/mol. The molecule has 1 heterocycles. The van der Waals surface area contributed by atoms with Crippen LogP contribution < -0.4 is 0 Å². The van der Waals surface area contributed by atoms with Crippen LogP contribution in [0.1, 0.15) is 19.8 Å². The van der Waals surface area contributed by atoms with Gasteiger partial charge in [-0.3, -0.25) is 0 Å². The molecule has 1 saturated heterocycles. The third-order valence-electron chi connectivity index (χ3n) is 2.16. The largest absolute Gasteiger partial charge is 0.478 e. The van der Waals surface area contributed by atoms with Crippen molar-refractivity contribution in [2.24, 2.45) is 0 Å². The molecule has 1 fully saturated rings. The highest BCUT2D eigenvalue weighted by molar-refractivity contribution is 5.87. The molecule has 0 aromatic carbocycles. The number of aliphatic carboxylic acids is 1. The van der Waals surface area contributed by atoms with Crippen molar-refractivity contribution in [1.82, 2.24) is 0 Å². The highest BCUT2D eigenvalue weighted by Crippen LogP contribution is 2.23. The zero-order chi connectivity index (χ0) is 9.84. The van der Waals surface area contributed by atoms with Gasteiger partial charge in [-0.25, -0.2) is 9.18 Å². The van der Waals surface area contributed by atoms with Crippen molar-refractivity contribution in [1.29, 1.82) is 0 Å². The van der Waals surface area contributed by atoms with Crippen molar-refractivity contribution in [2.45, 2.75) is 25.9 Å². The third-order valence-corrected chi connectivity index (χ3v) is 2.16. The average molecular weight is 188 g/mol. The number of alkyl halides is 1. The lowest BCUT2D eigenvalue weighted by atomic mass is 9.98. The standard InChI is InChI=1S/C9H13FO3/c1-2-6(9(11)12)7-3-4-13-5-8(7)10/h8H,2-5H2,1H3,(H,11,12). The van der Waals surface area contributed by atoms with Crippen LogP contribution in [0.4, 0.5) is 4.39 Å². The van der Waals surface area contributed by atoms with Crippen LogP contribution in [-0.2, 0) is 9.53 Å². The van der Waals surface area contributed by atoms with Crippen LogP contribution in [0.25, 0.3) is 0 Å². The smallest absolute Gasteiger partial charge is 0.331 e. The van der Waals surface area contributed by atoms with Crippen molar-refractivity contribution in [2.75, 3.05) is 13.2 Å². The second kappa shape index (κ2) is 4.37. The Hall–Kier alpha value is -0.900. The fraction of sp³-hybridized carbons (Fsp3) is 0.667.